The summed E-state index contributed by atoms with van der Waals surface area (Å²) in [5.74, 6) is -3.13. The summed E-state index contributed by atoms with van der Waals surface area (Å²) in [4.78, 5) is 37.3. The van der Waals surface area contributed by atoms with Crippen LogP contribution in [-0.2, 0) is 20.9 Å². The molecule has 0 radical (unpaired) electrons. The lowest BCUT2D eigenvalue weighted by Gasteiger charge is -2.28. The molecule has 0 aliphatic heterocycles. The Kier molecular flexibility index (Phi) is 7.99. The number of carbonyl (C=O) groups excluding carboxylic acids is 2. The molecule has 0 spiro atoms. The highest BCUT2D eigenvalue weighted by atomic mass is 19.4. The van der Waals surface area contributed by atoms with Gasteiger partial charge in [-0.25, -0.2) is 4.79 Å². The van der Waals surface area contributed by atoms with Crippen molar-refractivity contribution in [3.8, 4) is 11.1 Å². The maximum Gasteiger partial charge on any atom is 0.417 e. The average Bonchev–Trinajstić information content (AvgIpc) is 3.21. The molecule has 2 N–H and O–H groups in total. The molecule has 0 fully saturated rings. The SMILES string of the molecule is O=C(O)CCN(Cc1ccccc1)C(=O)C(NC(=O)OCC1c2ccccc2-c2ccccc21)C(F)(F)F. The zero-order valence-corrected chi connectivity index (χ0v) is 20.1. The molecule has 0 saturated heterocycles. The highest BCUT2D eigenvalue weighted by molar-refractivity contribution is 5.87. The van der Waals surface area contributed by atoms with Gasteiger partial charge in [0.2, 0.25) is 6.04 Å². The Morgan fingerprint density at radius 1 is 0.895 bits per heavy atom. The fourth-order valence-corrected chi connectivity index (χ4v) is 4.53. The molecule has 38 heavy (non-hydrogen) atoms. The van der Waals surface area contributed by atoms with Crippen LogP contribution in [0, 0.1) is 0 Å². The minimum atomic E-state index is -5.14. The Hall–Kier alpha value is -4.34. The van der Waals surface area contributed by atoms with Crippen LogP contribution in [0.5, 0.6) is 0 Å². The Bertz CT molecular complexity index is 1270. The van der Waals surface area contributed by atoms with Gasteiger partial charge in [-0.15, -0.1) is 0 Å². The van der Waals surface area contributed by atoms with E-state index >= 15 is 0 Å². The average molecular weight is 527 g/mol. The van der Waals surface area contributed by atoms with Crippen molar-refractivity contribution < 1.29 is 37.4 Å². The molecule has 1 unspecified atom stereocenters. The molecule has 0 saturated carbocycles. The highest BCUT2D eigenvalue weighted by Gasteiger charge is 2.48. The molecule has 198 valence electrons. The zero-order valence-electron chi connectivity index (χ0n) is 20.1. The first kappa shape index (κ1) is 26.7. The second-order valence-electron chi connectivity index (χ2n) is 8.83. The summed E-state index contributed by atoms with van der Waals surface area (Å²) in [5.41, 5.74) is 4.18. The Morgan fingerprint density at radius 3 is 2.00 bits per heavy atom. The molecular formula is C28H25F3N2O5. The number of alkyl halides is 3. The largest absolute Gasteiger partial charge is 0.481 e. The van der Waals surface area contributed by atoms with Crippen LogP contribution in [0.25, 0.3) is 11.1 Å². The molecule has 3 aromatic rings. The van der Waals surface area contributed by atoms with Gasteiger partial charge in [-0.1, -0.05) is 78.9 Å². The summed E-state index contributed by atoms with van der Waals surface area (Å²) in [7, 11) is 0. The molecule has 10 heteroatoms. The van der Waals surface area contributed by atoms with E-state index in [2.05, 4.69) is 0 Å². The minimum absolute atomic E-state index is 0.231. The number of alkyl carbamates (subject to hydrolysis) is 1. The van der Waals surface area contributed by atoms with E-state index in [0.717, 1.165) is 27.2 Å². The number of hydrogen-bond acceptors (Lipinski definition) is 4. The van der Waals surface area contributed by atoms with Gasteiger partial charge in [-0.2, -0.15) is 13.2 Å². The van der Waals surface area contributed by atoms with Gasteiger partial charge in [-0.05, 0) is 27.8 Å². The topological polar surface area (TPSA) is 95.9 Å². The summed E-state index contributed by atoms with van der Waals surface area (Å²) in [6, 6.07) is 20.3. The number of rotatable bonds is 9. The number of nitrogens with one attached hydrogen (secondary N) is 1. The van der Waals surface area contributed by atoms with E-state index in [1.54, 1.807) is 35.6 Å². The molecule has 0 aromatic heterocycles. The number of nitrogens with zero attached hydrogens (tertiary/aromatic N) is 1. The van der Waals surface area contributed by atoms with Gasteiger partial charge in [0.05, 0.1) is 6.42 Å². The van der Waals surface area contributed by atoms with Gasteiger partial charge < -0.3 is 20.1 Å². The second-order valence-corrected chi connectivity index (χ2v) is 8.83. The lowest BCUT2D eigenvalue weighted by molar-refractivity contribution is -0.175. The van der Waals surface area contributed by atoms with Gasteiger partial charge in [0, 0.05) is 19.0 Å². The van der Waals surface area contributed by atoms with E-state index in [4.69, 9.17) is 9.84 Å². The smallest absolute Gasteiger partial charge is 0.417 e. The molecule has 0 heterocycles. The minimum Gasteiger partial charge on any atom is -0.481 e. The third-order valence-corrected chi connectivity index (χ3v) is 6.30. The molecular weight excluding hydrogens is 501 g/mol. The van der Waals surface area contributed by atoms with Gasteiger partial charge in [0.1, 0.15) is 6.61 Å². The standard InChI is InChI=1S/C28H25F3N2O5/c29-28(30,31)25(26(36)33(15-14-24(34)35)16-18-8-2-1-3-9-18)32-27(37)38-17-23-21-12-6-4-10-19(21)20-11-5-7-13-22(20)23/h1-13,23,25H,14-17H2,(H,32,37)(H,34,35). The number of carbonyl (C=O) groups is 3. The van der Waals surface area contributed by atoms with Crippen LogP contribution < -0.4 is 5.32 Å². The van der Waals surface area contributed by atoms with Crippen molar-refractivity contribution in [2.75, 3.05) is 13.2 Å². The normalized spacial score (nSPS) is 13.2. The molecule has 3 aromatic carbocycles. The number of ether oxygens (including phenoxy) is 1. The third-order valence-electron chi connectivity index (χ3n) is 6.30. The van der Waals surface area contributed by atoms with E-state index in [9.17, 15) is 27.6 Å². The fourth-order valence-electron chi connectivity index (χ4n) is 4.53. The Morgan fingerprint density at radius 2 is 1.45 bits per heavy atom. The Labute approximate surface area is 216 Å². The summed E-state index contributed by atoms with van der Waals surface area (Å²) in [6.45, 7) is -0.959. The predicted molar refractivity (Wildman–Crippen MR) is 132 cm³/mol. The van der Waals surface area contributed by atoms with Gasteiger partial charge in [-0.3, -0.25) is 9.59 Å². The molecule has 1 aliphatic carbocycles. The fraction of sp³-hybridized carbons (Fsp3) is 0.250. The first-order chi connectivity index (χ1) is 18.1. The maximum absolute atomic E-state index is 13.9. The molecule has 1 aliphatic rings. The van der Waals surface area contributed by atoms with Gasteiger partial charge in [0.15, 0.2) is 0 Å². The molecule has 4 rings (SSSR count). The molecule has 7 nitrogen and oxygen atoms in total. The van der Waals surface area contributed by atoms with E-state index in [-0.39, 0.29) is 19.1 Å². The first-order valence-electron chi connectivity index (χ1n) is 11.9. The quantitative estimate of drug-likeness (QED) is 0.411. The van der Waals surface area contributed by atoms with Gasteiger partial charge >= 0.3 is 18.2 Å². The number of carboxylic acid groups (broad SMARTS) is 1. The van der Waals surface area contributed by atoms with E-state index in [0.29, 0.717) is 5.56 Å². The monoisotopic (exact) mass is 526 g/mol. The number of hydrogen-bond donors (Lipinski definition) is 2. The first-order valence-corrected chi connectivity index (χ1v) is 11.9. The van der Waals surface area contributed by atoms with Crippen LogP contribution in [0.2, 0.25) is 0 Å². The molecule has 2 amide bonds. The van der Waals surface area contributed by atoms with Crippen molar-refractivity contribution >= 4 is 18.0 Å². The summed E-state index contributed by atoms with van der Waals surface area (Å²) < 4.78 is 47.0. The summed E-state index contributed by atoms with van der Waals surface area (Å²) >= 11 is 0. The second kappa shape index (κ2) is 11.4. The number of halogens is 3. The number of aliphatic carboxylic acids is 1. The maximum atomic E-state index is 13.9. The van der Waals surface area contributed by atoms with Gasteiger partial charge in [0.25, 0.3) is 5.91 Å². The van der Waals surface area contributed by atoms with Crippen molar-refractivity contribution in [2.24, 2.45) is 0 Å². The van der Waals surface area contributed by atoms with Crippen molar-refractivity contribution in [2.45, 2.75) is 31.1 Å². The van der Waals surface area contributed by atoms with Crippen LogP contribution in [0.1, 0.15) is 29.0 Å². The van der Waals surface area contributed by atoms with Crippen molar-refractivity contribution in [3.63, 3.8) is 0 Å². The summed E-state index contributed by atoms with van der Waals surface area (Å²) in [6.07, 6.45) is -7.10. The van der Waals surface area contributed by atoms with Crippen LogP contribution in [0.3, 0.4) is 0 Å². The van der Waals surface area contributed by atoms with Crippen LogP contribution in [0.15, 0.2) is 78.9 Å². The lowest BCUT2D eigenvalue weighted by atomic mass is 9.98. The number of benzene rings is 3. The number of amides is 2. The summed E-state index contributed by atoms with van der Waals surface area (Å²) in [5, 5.41) is 10.7. The molecule has 1 atom stereocenters. The van der Waals surface area contributed by atoms with E-state index in [1.165, 1.54) is 0 Å². The zero-order chi connectivity index (χ0) is 27.3. The van der Waals surface area contributed by atoms with E-state index < -0.39 is 43.2 Å². The van der Waals surface area contributed by atoms with E-state index in [1.807, 2.05) is 48.5 Å². The number of carboxylic acids is 1. The highest BCUT2D eigenvalue weighted by Crippen LogP contribution is 2.44. The van der Waals surface area contributed by atoms with Crippen molar-refractivity contribution in [3.05, 3.63) is 95.6 Å². The van der Waals surface area contributed by atoms with Crippen LogP contribution >= 0.6 is 0 Å². The molecule has 0 bridgehead atoms. The third kappa shape index (κ3) is 6.13. The van der Waals surface area contributed by atoms with Crippen molar-refractivity contribution in [1.29, 1.82) is 0 Å². The Balaban J connectivity index is 1.48. The van der Waals surface area contributed by atoms with Crippen LogP contribution in [-0.4, -0.2) is 53.3 Å². The lowest BCUT2D eigenvalue weighted by Crippen LogP contribution is -2.56. The van der Waals surface area contributed by atoms with Crippen molar-refractivity contribution in [1.82, 2.24) is 10.2 Å². The predicted octanol–water partition coefficient (Wildman–Crippen LogP) is 4.96. The van der Waals surface area contributed by atoms with Crippen LogP contribution in [0.4, 0.5) is 18.0 Å². The number of fused-ring (bicyclic) bond motifs is 3.